The molecule has 0 radical (unpaired) electrons. The van der Waals surface area contributed by atoms with E-state index in [1.165, 1.54) is 0 Å². The first-order valence-corrected chi connectivity index (χ1v) is 14.7. The molecule has 2 heterocycles. The third-order valence-electron chi connectivity index (χ3n) is 6.53. The third-order valence-corrected chi connectivity index (χ3v) is 7.33. The van der Waals surface area contributed by atoms with Crippen molar-refractivity contribution in [1.29, 1.82) is 0 Å². The van der Waals surface area contributed by atoms with Crippen LogP contribution >= 0.6 is 34.8 Å². The zero-order chi connectivity index (χ0) is 30.6. The van der Waals surface area contributed by atoms with Crippen LogP contribution in [0, 0.1) is 0 Å². The highest BCUT2D eigenvalue weighted by atomic mass is 35.5. The standard InChI is InChI=1S/C30H34Cl3N5O4/c1-17(2)26-25-24(38(37-26)27-22(32)14-19(31)15-23(27)33)16-20(36-28(25)39)13-18-5-7-21(8-6-18)42-30(3,4)29(40)35-10-12-41-11-9-34/h5-8,14-17H,9-13,34H2,1-4H3,(H,35,40)(H,36,39). The van der Waals surface area contributed by atoms with E-state index in [2.05, 4.69) is 10.3 Å². The fourth-order valence-corrected chi connectivity index (χ4v) is 5.48. The third kappa shape index (κ3) is 7.27. The molecule has 0 unspecified atom stereocenters. The van der Waals surface area contributed by atoms with Crippen molar-refractivity contribution in [1.82, 2.24) is 20.1 Å². The molecule has 0 bridgehead atoms. The Kier molecular flexibility index (Phi) is 10.2. The zero-order valence-electron chi connectivity index (χ0n) is 23.9. The molecule has 0 aliphatic carbocycles. The number of nitrogens with two attached hydrogens (primary N) is 1. The number of amides is 1. The van der Waals surface area contributed by atoms with Crippen molar-refractivity contribution in [3.63, 3.8) is 0 Å². The Hall–Kier alpha value is -3.08. The van der Waals surface area contributed by atoms with E-state index in [9.17, 15) is 9.59 Å². The number of aromatic amines is 1. The number of rotatable bonds is 12. The van der Waals surface area contributed by atoms with Gasteiger partial charge in [0.15, 0.2) is 5.60 Å². The number of hydrogen-bond donors (Lipinski definition) is 3. The number of nitrogens with one attached hydrogen (secondary N) is 2. The second kappa shape index (κ2) is 13.5. The van der Waals surface area contributed by atoms with Crippen molar-refractivity contribution in [3.8, 4) is 11.4 Å². The van der Waals surface area contributed by atoms with E-state index in [4.69, 9.17) is 55.1 Å². The lowest BCUT2D eigenvalue weighted by Gasteiger charge is -2.25. The van der Waals surface area contributed by atoms with Gasteiger partial charge in [0.25, 0.3) is 11.5 Å². The molecule has 12 heteroatoms. The number of halogens is 3. The van der Waals surface area contributed by atoms with Gasteiger partial charge in [-0.3, -0.25) is 9.59 Å². The Labute approximate surface area is 259 Å². The Morgan fingerprint density at radius 3 is 2.38 bits per heavy atom. The second-order valence-electron chi connectivity index (χ2n) is 10.6. The van der Waals surface area contributed by atoms with Gasteiger partial charge in [0, 0.05) is 30.2 Å². The molecular formula is C30H34Cl3N5O4. The SMILES string of the molecule is CC(C)c1nn(-c2c(Cl)cc(Cl)cc2Cl)c2cc(Cc3ccc(OC(C)(C)C(=O)NCCOCCN)cc3)[nH]c(=O)c12. The maximum Gasteiger partial charge on any atom is 0.263 e. The van der Waals surface area contributed by atoms with E-state index in [1.54, 1.807) is 42.8 Å². The first-order valence-electron chi connectivity index (χ1n) is 13.5. The molecule has 2 aromatic carbocycles. The molecule has 0 spiro atoms. The summed E-state index contributed by atoms with van der Waals surface area (Å²) in [6.07, 6.45) is 0.433. The van der Waals surface area contributed by atoms with Crippen molar-refractivity contribution in [3.05, 3.63) is 84.8 Å². The molecule has 0 atom stereocenters. The summed E-state index contributed by atoms with van der Waals surface area (Å²) in [7, 11) is 0. The lowest BCUT2D eigenvalue weighted by Crippen LogP contribution is -2.47. The summed E-state index contributed by atoms with van der Waals surface area (Å²) >= 11 is 19.2. The normalized spacial score (nSPS) is 11.8. The van der Waals surface area contributed by atoms with E-state index < -0.39 is 5.60 Å². The van der Waals surface area contributed by atoms with Gasteiger partial charge in [-0.25, -0.2) is 4.68 Å². The number of aromatic nitrogens is 3. The van der Waals surface area contributed by atoms with Gasteiger partial charge in [-0.2, -0.15) is 5.10 Å². The van der Waals surface area contributed by atoms with Crippen LogP contribution in [0.3, 0.4) is 0 Å². The number of hydrogen-bond acceptors (Lipinski definition) is 6. The summed E-state index contributed by atoms with van der Waals surface area (Å²) < 4.78 is 12.9. The first kappa shape index (κ1) is 31.8. The number of pyridine rings is 1. The van der Waals surface area contributed by atoms with Gasteiger partial charge < -0.3 is 25.5 Å². The summed E-state index contributed by atoms with van der Waals surface area (Å²) in [4.78, 5) is 28.9. The molecule has 42 heavy (non-hydrogen) atoms. The average molecular weight is 635 g/mol. The van der Waals surface area contributed by atoms with Crippen LogP contribution in [-0.4, -0.2) is 52.6 Å². The van der Waals surface area contributed by atoms with Crippen LogP contribution in [0.2, 0.25) is 15.1 Å². The van der Waals surface area contributed by atoms with Crippen molar-refractivity contribution in [2.75, 3.05) is 26.3 Å². The Morgan fingerprint density at radius 1 is 1.10 bits per heavy atom. The summed E-state index contributed by atoms with van der Waals surface area (Å²) in [5.74, 6) is 0.259. The Bertz CT molecular complexity index is 1610. The smallest absolute Gasteiger partial charge is 0.263 e. The topological polar surface area (TPSA) is 124 Å². The number of H-pyrrole nitrogens is 1. The van der Waals surface area contributed by atoms with E-state index >= 15 is 0 Å². The fourth-order valence-electron chi connectivity index (χ4n) is 4.50. The molecule has 4 aromatic rings. The molecule has 0 fully saturated rings. The highest BCUT2D eigenvalue weighted by Crippen LogP contribution is 2.35. The zero-order valence-corrected chi connectivity index (χ0v) is 26.2. The van der Waals surface area contributed by atoms with Crippen LogP contribution in [0.15, 0.2) is 47.3 Å². The van der Waals surface area contributed by atoms with E-state index in [0.29, 0.717) is 81.5 Å². The largest absolute Gasteiger partial charge is 0.478 e. The van der Waals surface area contributed by atoms with Crippen LogP contribution in [0.25, 0.3) is 16.6 Å². The molecule has 0 aliphatic heterocycles. The highest BCUT2D eigenvalue weighted by molar-refractivity contribution is 6.40. The first-order chi connectivity index (χ1) is 19.9. The van der Waals surface area contributed by atoms with Crippen molar-refractivity contribution >= 4 is 51.6 Å². The predicted molar refractivity (Wildman–Crippen MR) is 168 cm³/mol. The molecule has 1 amide bonds. The molecule has 2 aromatic heterocycles. The number of nitrogens with zero attached hydrogens (tertiary/aromatic N) is 2. The maximum absolute atomic E-state index is 13.3. The van der Waals surface area contributed by atoms with Crippen LogP contribution in [0.4, 0.5) is 0 Å². The van der Waals surface area contributed by atoms with Gasteiger partial charge in [-0.05, 0) is 55.7 Å². The molecule has 4 rings (SSSR count). The molecule has 4 N–H and O–H groups in total. The fraction of sp³-hybridized carbons (Fsp3) is 0.367. The number of carbonyl (C=O) groups excluding carboxylic acids is 1. The number of fused-ring (bicyclic) bond motifs is 1. The molecule has 0 saturated heterocycles. The van der Waals surface area contributed by atoms with Crippen LogP contribution in [-0.2, 0) is 16.0 Å². The molecule has 0 aliphatic rings. The van der Waals surface area contributed by atoms with Crippen LogP contribution < -0.4 is 21.3 Å². The van der Waals surface area contributed by atoms with Crippen molar-refractivity contribution in [2.45, 2.75) is 45.6 Å². The lowest BCUT2D eigenvalue weighted by atomic mass is 10.0. The summed E-state index contributed by atoms with van der Waals surface area (Å²) in [6, 6.07) is 12.4. The molecule has 0 saturated carbocycles. The molecule has 9 nitrogen and oxygen atoms in total. The summed E-state index contributed by atoms with van der Waals surface area (Å²) in [5, 5.41) is 9.06. The monoisotopic (exact) mass is 633 g/mol. The van der Waals surface area contributed by atoms with Gasteiger partial charge in [-0.1, -0.05) is 60.8 Å². The minimum Gasteiger partial charge on any atom is -0.478 e. The number of benzene rings is 2. The minimum atomic E-state index is -1.09. The van der Waals surface area contributed by atoms with Gasteiger partial charge in [0.1, 0.15) is 11.4 Å². The minimum absolute atomic E-state index is 0.0195. The van der Waals surface area contributed by atoms with Gasteiger partial charge in [0.05, 0.1) is 39.9 Å². The Balaban J connectivity index is 1.57. The summed E-state index contributed by atoms with van der Waals surface area (Å²) in [5.41, 5.74) is 7.33. The van der Waals surface area contributed by atoms with Gasteiger partial charge in [0.2, 0.25) is 0 Å². The van der Waals surface area contributed by atoms with Crippen molar-refractivity contribution in [2.24, 2.45) is 5.73 Å². The van der Waals surface area contributed by atoms with E-state index in [1.807, 2.05) is 32.0 Å². The Morgan fingerprint density at radius 2 is 1.76 bits per heavy atom. The average Bonchev–Trinajstić information content (AvgIpc) is 3.29. The maximum atomic E-state index is 13.3. The van der Waals surface area contributed by atoms with Gasteiger partial charge in [-0.15, -0.1) is 0 Å². The lowest BCUT2D eigenvalue weighted by molar-refractivity contribution is -0.134. The van der Waals surface area contributed by atoms with Gasteiger partial charge >= 0.3 is 0 Å². The number of carbonyl (C=O) groups is 1. The number of ether oxygens (including phenoxy) is 2. The quantitative estimate of drug-likeness (QED) is 0.173. The van der Waals surface area contributed by atoms with Crippen LogP contribution in [0.1, 0.15) is 50.6 Å². The summed E-state index contributed by atoms with van der Waals surface area (Å²) in [6.45, 7) is 8.95. The van der Waals surface area contributed by atoms with E-state index in [-0.39, 0.29) is 17.4 Å². The molecular weight excluding hydrogens is 601 g/mol. The molecule has 224 valence electrons. The van der Waals surface area contributed by atoms with Crippen LogP contribution in [0.5, 0.6) is 5.75 Å². The highest BCUT2D eigenvalue weighted by Gasteiger charge is 2.29. The van der Waals surface area contributed by atoms with E-state index in [0.717, 1.165) is 5.56 Å². The predicted octanol–water partition coefficient (Wildman–Crippen LogP) is 5.64. The second-order valence-corrected chi connectivity index (χ2v) is 11.9. The van der Waals surface area contributed by atoms with Crippen molar-refractivity contribution < 1.29 is 14.3 Å².